The maximum atomic E-state index is 11.9. The fraction of sp³-hybridized carbons (Fsp3) is 0.500. The molecule has 1 saturated heterocycles. The van der Waals surface area contributed by atoms with Crippen LogP contribution in [-0.4, -0.2) is 24.0 Å². The summed E-state index contributed by atoms with van der Waals surface area (Å²) in [4.78, 5) is 11.9. The highest BCUT2D eigenvalue weighted by molar-refractivity contribution is 7.99. The number of carbonyl (C=O) groups is 1. The molecule has 1 aromatic carbocycles. The quantitative estimate of drug-likeness (QED) is 0.888. The lowest BCUT2D eigenvalue weighted by molar-refractivity contribution is -0.124. The van der Waals surface area contributed by atoms with E-state index in [1.807, 2.05) is 30.0 Å². The van der Waals surface area contributed by atoms with E-state index in [2.05, 4.69) is 17.4 Å². The summed E-state index contributed by atoms with van der Waals surface area (Å²) in [5, 5.41) is 3.05. The molecule has 0 aliphatic carbocycles. The maximum absolute atomic E-state index is 11.9. The zero-order valence-corrected chi connectivity index (χ0v) is 10.8. The van der Waals surface area contributed by atoms with E-state index in [-0.39, 0.29) is 11.8 Å². The number of thioether (sulfide) groups is 1. The predicted octanol–water partition coefficient (Wildman–Crippen LogP) is 2.49. The summed E-state index contributed by atoms with van der Waals surface area (Å²) in [7, 11) is 0. The predicted molar refractivity (Wildman–Crippen MR) is 73.2 cm³/mol. The number of benzene rings is 1. The Bertz CT molecular complexity index is 346. The van der Waals surface area contributed by atoms with Crippen molar-refractivity contribution in [3.05, 3.63) is 35.9 Å². The third-order valence-electron chi connectivity index (χ3n) is 3.09. The molecule has 0 spiro atoms. The Morgan fingerprint density at radius 3 is 2.88 bits per heavy atom. The largest absolute Gasteiger partial charge is 0.356 e. The van der Waals surface area contributed by atoms with Crippen LogP contribution in [0.4, 0.5) is 0 Å². The minimum atomic E-state index is 0.240. The highest BCUT2D eigenvalue weighted by Crippen LogP contribution is 2.22. The molecule has 2 rings (SSSR count). The molecule has 1 aliphatic heterocycles. The molecule has 1 unspecified atom stereocenters. The van der Waals surface area contributed by atoms with Gasteiger partial charge in [-0.05, 0) is 30.6 Å². The molecule has 0 aromatic heterocycles. The van der Waals surface area contributed by atoms with E-state index >= 15 is 0 Å². The molecule has 0 saturated carbocycles. The molecular formula is C14H19NOS. The first-order valence-corrected chi connectivity index (χ1v) is 7.41. The Morgan fingerprint density at radius 2 is 2.18 bits per heavy atom. The number of hydrogen-bond acceptors (Lipinski definition) is 2. The van der Waals surface area contributed by atoms with Crippen molar-refractivity contribution in [1.29, 1.82) is 0 Å². The third kappa shape index (κ3) is 4.08. The van der Waals surface area contributed by atoms with Gasteiger partial charge in [0.2, 0.25) is 5.91 Å². The SMILES string of the molecule is O=C(NCCc1ccccc1)C1CCCSC1. The molecule has 1 aromatic rings. The molecular weight excluding hydrogens is 230 g/mol. The summed E-state index contributed by atoms with van der Waals surface area (Å²) in [5.74, 6) is 2.70. The number of amides is 1. The van der Waals surface area contributed by atoms with Crippen LogP contribution in [0, 0.1) is 5.92 Å². The minimum Gasteiger partial charge on any atom is -0.356 e. The summed E-state index contributed by atoms with van der Waals surface area (Å²) >= 11 is 1.90. The van der Waals surface area contributed by atoms with Gasteiger partial charge in [-0.2, -0.15) is 11.8 Å². The van der Waals surface area contributed by atoms with Crippen molar-refractivity contribution in [3.63, 3.8) is 0 Å². The van der Waals surface area contributed by atoms with Crippen LogP contribution in [0.3, 0.4) is 0 Å². The summed E-state index contributed by atoms with van der Waals surface area (Å²) in [6.45, 7) is 0.754. The molecule has 0 bridgehead atoms. The van der Waals surface area contributed by atoms with E-state index in [0.717, 1.165) is 25.1 Å². The molecule has 1 aliphatic rings. The van der Waals surface area contributed by atoms with Crippen molar-refractivity contribution in [2.24, 2.45) is 5.92 Å². The van der Waals surface area contributed by atoms with Crippen molar-refractivity contribution in [2.75, 3.05) is 18.1 Å². The normalized spacial score (nSPS) is 19.9. The molecule has 1 fully saturated rings. The van der Waals surface area contributed by atoms with Crippen LogP contribution in [-0.2, 0) is 11.2 Å². The molecule has 2 nitrogen and oxygen atoms in total. The zero-order chi connectivity index (χ0) is 11.9. The Hall–Kier alpha value is -0.960. The number of nitrogens with one attached hydrogen (secondary N) is 1. The number of carbonyl (C=O) groups excluding carboxylic acids is 1. The lowest BCUT2D eigenvalue weighted by Gasteiger charge is -2.20. The van der Waals surface area contributed by atoms with Crippen molar-refractivity contribution >= 4 is 17.7 Å². The van der Waals surface area contributed by atoms with Crippen LogP contribution < -0.4 is 5.32 Å². The second-order valence-electron chi connectivity index (χ2n) is 4.44. The average molecular weight is 249 g/mol. The first-order valence-electron chi connectivity index (χ1n) is 6.25. The van der Waals surface area contributed by atoms with Crippen LogP contribution in [0.5, 0.6) is 0 Å². The lowest BCUT2D eigenvalue weighted by atomic mass is 10.0. The first-order chi connectivity index (χ1) is 8.36. The number of rotatable bonds is 4. The molecule has 1 atom stereocenters. The molecule has 1 amide bonds. The molecule has 1 heterocycles. The van der Waals surface area contributed by atoms with Crippen LogP contribution in [0.2, 0.25) is 0 Å². The molecule has 0 radical (unpaired) electrons. The van der Waals surface area contributed by atoms with E-state index in [9.17, 15) is 4.79 Å². The zero-order valence-electron chi connectivity index (χ0n) is 10.0. The van der Waals surface area contributed by atoms with Crippen molar-refractivity contribution in [1.82, 2.24) is 5.32 Å². The van der Waals surface area contributed by atoms with E-state index in [1.54, 1.807) is 0 Å². The third-order valence-corrected chi connectivity index (χ3v) is 4.30. The Morgan fingerprint density at radius 1 is 1.35 bits per heavy atom. The van der Waals surface area contributed by atoms with Gasteiger partial charge in [0.1, 0.15) is 0 Å². The van der Waals surface area contributed by atoms with E-state index in [1.165, 1.54) is 17.7 Å². The summed E-state index contributed by atoms with van der Waals surface area (Å²) in [5.41, 5.74) is 1.28. The molecule has 1 N–H and O–H groups in total. The Kier molecular flexibility index (Phi) is 4.92. The van der Waals surface area contributed by atoms with Crippen LogP contribution in [0.15, 0.2) is 30.3 Å². The summed E-state index contributed by atoms with van der Waals surface area (Å²) < 4.78 is 0. The van der Waals surface area contributed by atoms with E-state index in [4.69, 9.17) is 0 Å². The van der Waals surface area contributed by atoms with E-state index < -0.39 is 0 Å². The second kappa shape index (κ2) is 6.70. The van der Waals surface area contributed by atoms with Crippen molar-refractivity contribution in [3.8, 4) is 0 Å². The van der Waals surface area contributed by atoms with Gasteiger partial charge in [0.15, 0.2) is 0 Å². The fourth-order valence-corrected chi connectivity index (χ4v) is 3.21. The molecule has 17 heavy (non-hydrogen) atoms. The smallest absolute Gasteiger partial charge is 0.223 e. The fourth-order valence-electron chi connectivity index (χ4n) is 2.07. The van der Waals surface area contributed by atoms with Gasteiger partial charge >= 0.3 is 0 Å². The van der Waals surface area contributed by atoms with Gasteiger partial charge in [0.05, 0.1) is 0 Å². The second-order valence-corrected chi connectivity index (χ2v) is 5.59. The van der Waals surface area contributed by atoms with Crippen LogP contribution in [0.25, 0.3) is 0 Å². The average Bonchev–Trinajstić information content (AvgIpc) is 2.41. The summed E-state index contributed by atoms with van der Waals surface area (Å²) in [6.07, 6.45) is 3.16. The topological polar surface area (TPSA) is 29.1 Å². The monoisotopic (exact) mass is 249 g/mol. The molecule has 3 heteroatoms. The number of hydrogen-bond donors (Lipinski definition) is 1. The van der Waals surface area contributed by atoms with Crippen molar-refractivity contribution in [2.45, 2.75) is 19.3 Å². The van der Waals surface area contributed by atoms with Gasteiger partial charge in [-0.3, -0.25) is 4.79 Å². The maximum Gasteiger partial charge on any atom is 0.223 e. The lowest BCUT2D eigenvalue weighted by Crippen LogP contribution is -2.34. The van der Waals surface area contributed by atoms with Crippen LogP contribution in [0.1, 0.15) is 18.4 Å². The Balaban J connectivity index is 1.69. The Labute approximate surface area is 107 Å². The van der Waals surface area contributed by atoms with Gasteiger partial charge in [-0.15, -0.1) is 0 Å². The van der Waals surface area contributed by atoms with Crippen LogP contribution >= 0.6 is 11.8 Å². The highest BCUT2D eigenvalue weighted by Gasteiger charge is 2.20. The minimum absolute atomic E-state index is 0.240. The first kappa shape index (κ1) is 12.5. The highest BCUT2D eigenvalue weighted by atomic mass is 32.2. The standard InChI is InChI=1S/C14H19NOS/c16-14(13-7-4-10-17-11-13)15-9-8-12-5-2-1-3-6-12/h1-3,5-6,13H,4,7-11H2,(H,15,16). The van der Waals surface area contributed by atoms with Gasteiger partial charge in [0.25, 0.3) is 0 Å². The van der Waals surface area contributed by atoms with Gasteiger partial charge in [-0.25, -0.2) is 0 Å². The molecule has 92 valence electrons. The van der Waals surface area contributed by atoms with E-state index in [0.29, 0.717) is 0 Å². The summed E-state index contributed by atoms with van der Waals surface area (Å²) in [6, 6.07) is 10.3. The van der Waals surface area contributed by atoms with Crippen molar-refractivity contribution < 1.29 is 4.79 Å². The van der Waals surface area contributed by atoms with Gasteiger partial charge < -0.3 is 5.32 Å². The van der Waals surface area contributed by atoms with Gasteiger partial charge in [-0.1, -0.05) is 30.3 Å². The van der Waals surface area contributed by atoms with Gasteiger partial charge in [0, 0.05) is 18.2 Å².